The minimum atomic E-state index is -1.08. The molecule has 132 valence electrons. The highest BCUT2D eigenvalue weighted by molar-refractivity contribution is 6.37. The summed E-state index contributed by atoms with van der Waals surface area (Å²) in [4.78, 5) is 38.9. The number of hydrogen-bond donors (Lipinski definition) is 2. The van der Waals surface area contributed by atoms with Crippen LogP contribution in [0.2, 0.25) is 0 Å². The molecule has 1 heterocycles. The lowest BCUT2D eigenvalue weighted by Crippen LogP contribution is -2.44. The number of fused-ring (bicyclic) bond motifs is 1. The van der Waals surface area contributed by atoms with Crippen LogP contribution < -0.4 is 11.1 Å². The molecule has 0 aliphatic heterocycles. The van der Waals surface area contributed by atoms with Crippen molar-refractivity contribution in [3.05, 3.63) is 66.2 Å². The average Bonchev–Trinajstić information content (AvgIpc) is 3.09. The van der Waals surface area contributed by atoms with Gasteiger partial charge < -0.3 is 15.6 Å². The van der Waals surface area contributed by atoms with Gasteiger partial charge in [-0.2, -0.15) is 0 Å². The lowest BCUT2D eigenvalue weighted by atomic mass is 10.1. The predicted octanol–water partition coefficient (Wildman–Crippen LogP) is 1.26. The number of imidazole rings is 1. The zero-order valence-corrected chi connectivity index (χ0v) is 14.2. The second-order valence-electron chi connectivity index (χ2n) is 6.01. The first-order valence-corrected chi connectivity index (χ1v) is 8.08. The zero-order valence-electron chi connectivity index (χ0n) is 14.2. The molecule has 0 aliphatic carbocycles. The summed E-state index contributed by atoms with van der Waals surface area (Å²) in [5, 5.41) is 4.71. The van der Waals surface area contributed by atoms with Crippen LogP contribution in [0.15, 0.2) is 55.0 Å². The Hall–Kier alpha value is -3.48. The predicted molar refractivity (Wildman–Crippen MR) is 96.4 cm³/mol. The summed E-state index contributed by atoms with van der Waals surface area (Å²) in [6.45, 7) is 1.86. The van der Waals surface area contributed by atoms with Crippen LogP contribution in [0.3, 0.4) is 0 Å². The Morgan fingerprint density at radius 1 is 1.15 bits per heavy atom. The number of rotatable bonds is 6. The van der Waals surface area contributed by atoms with Crippen molar-refractivity contribution in [1.82, 2.24) is 14.9 Å². The van der Waals surface area contributed by atoms with Crippen molar-refractivity contribution in [3.63, 3.8) is 0 Å². The summed E-state index contributed by atoms with van der Waals surface area (Å²) >= 11 is 0. The number of nitrogens with two attached hydrogens (primary N) is 1. The number of benzene rings is 2. The third-order valence-electron chi connectivity index (χ3n) is 4.10. The molecule has 3 aromatic rings. The molecular formula is C19H18N4O3. The van der Waals surface area contributed by atoms with Gasteiger partial charge in [0.15, 0.2) is 0 Å². The average molecular weight is 350 g/mol. The van der Waals surface area contributed by atoms with Crippen LogP contribution >= 0.6 is 0 Å². The number of Topliss-reactive ketones (excluding diaryl/α,β-unsaturated/α-hetero) is 1. The van der Waals surface area contributed by atoms with Crippen molar-refractivity contribution in [3.8, 4) is 0 Å². The van der Waals surface area contributed by atoms with Crippen LogP contribution in [0, 0.1) is 0 Å². The van der Waals surface area contributed by atoms with E-state index >= 15 is 0 Å². The molecule has 0 radical (unpaired) electrons. The number of carbonyl (C=O) groups excluding carboxylic acids is 3. The quantitative estimate of drug-likeness (QED) is 0.653. The molecule has 7 heteroatoms. The van der Waals surface area contributed by atoms with E-state index in [0.717, 1.165) is 16.3 Å². The summed E-state index contributed by atoms with van der Waals surface area (Å²) in [5.74, 6) is -2.42. The first-order valence-electron chi connectivity index (χ1n) is 8.08. The van der Waals surface area contributed by atoms with Crippen molar-refractivity contribution in [2.45, 2.75) is 19.5 Å². The highest BCUT2D eigenvalue weighted by Gasteiger charge is 2.22. The second-order valence-corrected chi connectivity index (χ2v) is 6.01. The molecule has 0 saturated carbocycles. The summed E-state index contributed by atoms with van der Waals surface area (Å²) in [7, 11) is 0. The number of nitrogens with one attached hydrogen (secondary N) is 1. The van der Waals surface area contributed by atoms with E-state index < -0.39 is 23.6 Å². The van der Waals surface area contributed by atoms with E-state index in [2.05, 4.69) is 16.4 Å². The Kier molecular flexibility index (Phi) is 4.79. The molecule has 1 unspecified atom stereocenters. The van der Waals surface area contributed by atoms with Gasteiger partial charge in [0.05, 0.1) is 18.6 Å². The van der Waals surface area contributed by atoms with Gasteiger partial charge in [-0.3, -0.25) is 14.4 Å². The molecular weight excluding hydrogens is 332 g/mol. The zero-order chi connectivity index (χ0) is 18.7. The van der Waals surface area contributed by atoms with E-state index in [1.54, 1.807) is 10.9 Å². The molecule has 3 N–H and O–H groups in total. The minimum Gasteiger partial charge on any atom is -0.363 e. The summed E-state index contributed by atoms with van der Waals surface area (Å²) in [6, 6.07) is 13.1. The highest BCUT2D eigenvalue weighted by Crippen LogP contribution is 2.17. The van der Waals surface area contributed by atoms with Gasteiger partial charge in [-0.25, -0.2) is 4.98 Å². The highest BCUT2D eigenvalue weighted by atomic mass is 16.2. The van der Waals surface area contributed by atoms with Crippen LogP contribution in [0.1, 0.15) is 23.0 Å². The van der Waals surface area contributed by atoms with E-state index in [1.165, 1.54) is 13.1 Å². The van der Waals surface area contributed by atoms with Crippen molar-refractivity contribution in [2.75, 3.05) is 0 Å². The third-order valence-corrected chi connectivity index (χ3v) is 4.10. The van der Waals surface area contributed by atoms with Gasteiger partial charge in [-0.05, 0) is 29.3 Å². The fourth-order valence-corrected chi connectivity index (χ4v) is 2.72. The minimum absolute atomic E-state index is 0.294. The van der Waals surface area contributed by atoms with Gasteiger partial charge in [-0.1, -0.05) is 36.4 Å². The molecule has 0 fully saturated rings. The lowest BCUT2D eigenvalue weighted by Gasteiger charge is -2.13. The van der Waals surface area contributed by atoms with Gasteiger partial charge in [0.1, 0.15) is 5.69 Å². The maximum absolute atomic E-state index is 12.4. The number of nitrogens with zero attached hydrogens (tertiary/aromatic N) is 2. The summed E-state index contributed by atoms with van der Waals surface area (Å²) in [5.41, 5.74) is 6.26. The van der Waals surface area contributed by atoms with E-state index in [-0.39, 0.29) is 0 Å². The Balaban J connectivity index is 1.78. The number of hydrogen-bond acceptors (Lipinski definition) is 4. The van der Waals surface area contributed by atoms with Crippen molar-refractivity contribution >= 4 is 28.4 Å². The SMILES string of the molecule is CC(NC(=O)c1cncn1Cc1ccc2ccccc2c1)C(=O)C(N)=O. The molecule has 0 aliphatic rings. The molecule has 1 aromatic heterocycles. The van der Waals surface area contributed by atoms with Gasteiger partial charge >= 0.3 is 0 Å². The molecule has 1 atom stereocenters. The Morgan fingerprint density at radius 2 is 1.88 bits per heavy atom. The van der Waals surface area contributed by atoms with Crippen LogP contribution in [0.5, 0.6) is 0 Å². The van der Waals surface area contributed by atoms with Crippen LogP contribution in [0.25, 0.3) is 10.8 Å². The van der Waals surface area contributed by atoms with E-state index in [0.29, 0.717) is 12.2 Å². The fourth-order valence-electron chi connectivity index (χ4n) is 2.72. The Bertz CT molecular complexity index is 993. The number of aromatic nitrogens is 2. The van der Waals surface area contributed by atoms with Gasteiger partial charge in [0.2, 0.25) is 5.78 Å². The Labute approximate surface area is 149 Å². The summed E-state index contributed by atoms with van der Waals surface area (Å²) < 4.78 is 1.68. The van der Waals surface area contributed by atoms with Crippen LogP contribution in [-0.2, 0) is 16.1 Å². The standard InChI is InChI=1S/C19H18N4O3/c1-12(17(24)18(20)25)22-19(26)16-9-21-11-23(16)10-13-6-7-14-4-2-3-5-15(14)8-13/h2-9,11-12H,10H2,1H3,(H2,20,25)(H,22,26). The van der Waals surface area contributed by atoms with Gasteiger partial charge in [-0.15, -0.1) is 0 Å². The smallest absolute Gasteiger partial charge is 0.287 e. The molecule has 0 saturated heterocycles. The van der Waals surface area contributed by atoms with Crippen LogP contribution in [0.4, 0.5) is 0 Å². The fraction of sp³-hybridized carbons (Fsp3) is 0.158. The largest absolute Gasteiger partial charge is 0.363 e. The molecule has 2 amide bonds. The maximum Gasteiger partial charge on any atom is 0.287 e. The van der Waals surface area contributed by atoms with Gasteiger partial charge in [0.25, 0.3) is 11.8 Å². The van der Waals surface area contributed by atoms with Crippen molar-refractivity contribution in [1.29, 1.82) is 0 Å². The monoisotopic (exact) mass is 350 g/mol. The molecule has 7 nitrogen and oxygen atoms in total. The van der Waals surface area contributed by atoms with Crippen molar-refractivity contribution < 1.29 is 14.4 Å². The molecule has 0 spiro atoms. The third kappa shape index (κ3) is 3.61. The number of amides is 2. The lowest BCUT2D eigenvalue weighted by molar-refractivity contribution is -0.136. The first-order chi connectivity index (χ1) is 12.5. The number of ketones is 1. The van der Waals surface area contributed by atoms with E-state index in [1.807, 2.05) is 36.4 Å². The summed E-state index contributed by atoms with van der Waals surface area (Å²) in [6.07, 6.45) is 2.96. The van der Waals surface area contributed by atoms with E-state index in [9.17, 15) is 14.4 Å². The molecule has 2 aromatic carbocycles. The molecule has 3 rings (SSSR count). The Morgan fingerprint density at radius 3 is 2.62 bits per heavy atom. The van der Waals surface area contributed by atoms with Gasteiger partial charge in [0, 0.05) is 6.54 Å². The molecule has 26 heavy (non-hydrogen) atoms. The number of carbonyl (C=O) groups is 3. The topological polar surface area (TPSA) is 107 Å². The van der Waals surface area contributed by atoms with E-state index in [4.69, 9.17) is 5.73 Å². The maximum atomic E-state index is 12.4. The van der Waals surface area contributed by atoms with Crippen molar-refractivity contribution in [2.24, 2.45) is 5.73 Å². The normalized spacial score (nSPS) is 11.9. The second kappa shape index (κ2) is 7.18. The first kappa shape index (κ1) is 17.3. The van der Waals surface area contributed by atoms with Crippen LogP contribution in [-0.4, -0.2) is 33.2 Å². The number of primary amides is 1. The molecule has 0 bridgehead atoms.